The summed E-state index contributed by atoms with van der Waals surface area (Å²) in [4.78, 5) is 5.00. The van der Waals surface area contributed by atoms with Crippen LogP contribution in [0.5, 0.6) is 0 Å². The van der Waals surface area contributed by atoms with Gasteiger partial charge in [0.25, 0.3) is 10.0 Å². The highest BCUT2D eigenvalue weighted by Gasteiger charge is 2.14. The quantitative estimate of drug-likeness (QED) is 0.438. The average Bonchev–Trinajstić information content (AvgIpc) is 3.19. The number of benzene rings is 3. The van der Waals surface area contributed by atoms with Gasteiger partial charge in [0, 0.05) is 22.2 Å². The zero-order valence-electron chi connectivity index (χ0n) is 16.1. The van der Waals surface area contributed by atoms with E-state index in [1.807, 2.05) is 36.6 Å². The molecule has 6 heteroatoms. The molecule has 3 aromatic carbocycles. The molecule has 4 rings (SSSR count). The van der Waals surface area contributed by atoms with E-state index in [-0.39, 0.29) is 4.90 Å². The molecular weight excluding hydrogens is 400 g/mol. The Bertz CT molecular complexity index is 1240. The summed E-state index contributed by atoms with van der Waals surface area (Å²) in [7, 11) is -3.61. The lowest BCUT2D eigenvalue weighted by Gasteiger charge is -2.09. The second-order valence-corrected chi connectivity index (χ2v) is 9.39. The Labute approximate surface area is 175 Å². The predicted octanol–water partition coefficient (Wildman–Crippen LogP) is 5.89. The highest BCUT2D eigenvalue weighted by molar-refractivity contribution is 7.92. The first-order chi connectivity index (χ1) is 13.9. The topological polar surface area (TPSA) is 59.1 Å². The lowest BCUT2D eigenvalue weighted by atomic mass is 10.1. The van der Waals surface area contributed by atoms with E-state index < -0.39 is 10.0 Å². The maximum Gasteiger partial charge on any atom is 0.261 e. The smallest absolute Gasteiger partial charge is 0.261 e. The second kappa shape index (κ2) is 7.81. The van der Waals surface area contributed by atoms with Gasteiger partial charge < -0.3 is 0 Å². The minimum Gasteiger partial charge on any atom is -0.280 e. The molecule has 0 spiro atoms. The van der Waals surface area contributed by atoms with Crippen LogP contribution < -0.4 is 4.72 Å². The molecule has 29 heavy (non-hydrogen) atoms. The fourth-order valence-electron chi connectivity index (χ4n) is 2.98. The maximum atomic E-state index is 12.5. The molecule has 0 amide bonds. The molecule has 146 valence electrons. The second-order valence-electron chi connectivity index (χ2n) is 6.85. The first kappa shape index (κ1) is 19.4. The Balaban J connectivity index is 1.54. The molecule has 0 aliphatic heterocycles. The van der Waals surface area contributed by atoms with Crippen molar-refractivity contribution in [1.29, 1.82) is 0 Å². The van der Waals surface area contributed by atoms with Crippen molar-refractivity contribution in [2.45, 2.75) is 18.7 Å². The van der Waals surface area contributed by atoms with Gasteiger partial charge in [0.15, 0.2) is 0 Å². The molecule has 0 bridgehead atoms. The van der Waals surface area contributed by atoms with Crippen molar-refractivity contribution in [2.75, 3.05) is 4.72 Å². The summed E-state index contributed by atoms with van der Waals surface area (Å²) in [5.41, 5.74) is 5.67. The van der Waals surface area contributed by atoms with Gasteiger partial charge in [-0.1, -0.05) is 54.1 Å². The zero-order chi connectivity index (χ0) is 20.4. The van der Waals surface area contributed by atoms with Crippen molar-refractivity contribution in [3.8, 4) is 21.8 Å². The largest absolute Gasteiger partial charge is 0.280 e. The van der Waals surface area contributed by atoms with E-state index in [2.05, 4.69) is 23.8 Å². The molecule has 0 aliphatic carbocycles. The SMILES string of the molecule is Cc1ccc(S(=O)(=O)Nc2ccc(-c3csc(-c4ccccc4C)n3)cc2)cc1. The van der Waals surface area contributed by atoms with Crippen molar-refractivity contribution in [2.24, 2.45) is 0 Å². The molecule has 4 nitrogen and oxygen atoms in total. The van der Waals surface area contributed by atoms with E-state index in [1.54, 1.807) is 47.7 Å². The standard InChI is InChI=1S/C23H20N2O2S2/c1-16-7-13-20(14-8-16)29(26,27)25-19-11-9-18(10-12-19)22-15-28-23(24-22)21-6-4-3-5-17(21)2/h3-15,25H,1-2H3. The minimum absolute atomic E-state index is 0.245. The first-order valence-electron chi connectivity index (χ1n) is 9.14. The van der Waals surface area contributed by atoms with Crippen molar-refractivity contribution in [3.63, 3.8) is 0 Å². The predicted molar refractivity (Wildman–Crippen MR) is 120 cm³/mol. The molecule has 1 heterocycles. The Morgan fingerprint density at radius 3 is 2.24 bits per heavy atom. The van der Waals surface area contributed by atoms with Crippen LogP contribution in [0.3, 0.4) is 0 Å². The summed E-state index contributed by atoms with van der Waals surface area (Å²) in [5, 5.41) is 3.00. The van der Waals surface area contributed by atoms with E-state index in [9.17, 15) is 8.42 Å². The van der Waals surface area contributed by atoms with Crippen molar-refractivity contribution in [3.05, 3.63) is 89.3 Å². The van der Waals surface area contributed by atoms with Gasteiger partial charge in [0.05, 0.1) is 10.6 Å². The number of aryl methyl sites for hydroxylation is 2. The molecule has 0 saturated heterocycles. The van der Waals surface area contributed by atoms with E-state index in [4.69, 9.17) is 4.98 Å². The summed E-state index contributed by atoms with van der Waals surface area (Å²) in [6.45, 7) is 4.00. The summed E-state index contributed by atoms with van der Waals surface area (Å²) in [6, 6.07) is 22.2. The molecular formula is C23H20N2O2S2. The normalized spacial score (nSPS) is 11.4. The highest BCUT2D eigenvalue weighted by atomic mass is 32.2. The minimum atomic E-state index is -3.61. The average molecular weight is 421 g/mol. The molecule has 0 unspecified atom stereocenters. The highest BCUT2D eigenvalue weighted by Crippen LogP contribution is 2.31. The van der Waals surface area contributed by atoms with Crippen LogP contribution in [-0.4, -0.2) is 13.4 Å². The van der Waals surface area contributed by atoms with Crippen LogP contribution in [0.2, 0.25) is 0 Å². The number of nitrogens with zero attached hydrogens (tertiary/aromatic N) is 1. The van der Waals surface area contributed by atoms with Crippen LogP contribution in [0.4, 0.5) is 5.69 Å². The molecule has 4 aromatic rings. The Kier molecular flexibility index (Phi) is 5.22. The van der Waals surface area contributed by atoms with E-state index in [0.717, 1.165) is 27.4 Å². The Morgan fingerprint density at radius 2 is 1.55 bits per heavy atom. The number of sulfonamides is 1. The van der Waals surface area contributed by atoms with Gasteiger partial charge >= 0.3 is 0 Å². The molecule has 0 aliphatic rings. The van der Waals surface area contributed by atoms with Crippen molar-refractivity contribution >= 4 is 27.0 Å². The summed E-state index contributed by atoms with van der Waals surface area (Å²) >= 11 is 1.60. The Hall–Kier alpha value is -2.96. The van der Waals surface area contributed by atoms with E-state index >= 15 is 0 Å². The van der Waals surface area contributed by atoms with E-state index in [0.29, 0.717) is 5.69 Å². The van der Waals surface area contributed by atoms with Gasteiger partial charge in [0.2, 0.25) is 0 Å². The van der Waals surface area contributed by atoms with Crippen LogP contribution in [0.25, 0.3) is 21.8 Å². The fraction of sp³-hybridized carbons (Fsp3) is 0.0870. The van der Waals surface area contributed by atoms with Gasteiger partial charge in [-0.3, -0.25) is 4.72 Å². The number of rotatable bonds is 5. The molecule has 0 radical (unpaired) electrons. The van der Waals surface area contributed by atoms with E-state index in [1.165, 1.54) is 5.56 Å². The monoisotopic (exact) mass is 420 g/mol. The first-order valence-corrected chi connectivity index (χ1v) is 11.5. The summed E-state index contributed by atoms with van der Waals surface area (Å²) in [5.74, 6) is 0. The molecule has 1 N–H and O–H groups in total. The van der Waals surface area contributed by atoms with Crippen LogP contribution in [-0.2, 0) is 10.0 Å². The van der Waals surface area contributed by atoms with Gasteiger partial charge in [0.1, 0.15) is 5.01 Å². The van der Waals surface area contributed by atoms with Gasteiger partial charge in [-0.2, -0.15) is 0 Å². The third-order valence-corrected chi connectivity index (χ3v) is 6.92. The lowest BCUT2D eigenvalue weighted by molar-refractivity contribution is 0.601. The van der Waals surface area contributed by atoms with Gasteiger partial charge in [-0.25, -0.2) is 13.4 Å². The molecule has 0 atom stereocenters. The van der Waals surface area contributed by atoms with Crippen molar-refractivity contribution in [1.82, 2.24) is 4.98 Å². The number of nitrogens with one attached hydrogen (secondary N) is 1. The molecule has 1 aromatic heterocycles. The maximum absolute atomic E-state index is 12.5. The van der Waals surface area contributed by atoms with Crippen LogP contribution in [0, 0.1) is 13.8 Å². The number of anilines is 1. The summed E-state index contributed by atoms with van der Waals surface area (Å²) < 4.78 is 27.7. The third kappa shape index (κ3) is 4.23. The molecule has 0 fully saturated rings. The van der Waals surface area contributed by atoms with Crippen molar-refractivity contribution < 1.29 is 8.42 Å². The number of aromatic nitrogens is 1. The zero-order valence-corrected chi connectivity index (χ0v) is 17.7. The van der Waals surface area contributed by atoms with Gasteiger partial charge in [-0.15, -0.1) is 11.3 Å². The fourth-order valence-corrected chi connectivity index (χ4v) is 4.96. The lowest BCUT2D eigenvalue weighted by Crippen LogP contribution is -2.12. The molecule has 0 saturated carbocycles. The third-order valence-electron chi connectivity index (χ3n) is 4.64. The van der Waals surface area contributed by atoms with Crippen LogP contribution in [0.15, 0.2) is 83.1 Å². The number of thiazole rings is 1. The van der Waals surface area contributed by atoms with Crippen LogP contribution >= 0.6 is 11.3 Å². The summed E-state index contributed by atoms with van der Waals surface area (Å²) in [6.07, 6.45) is 0. The van der Waals surface area contributed by atoms with Gasteiger partial charge in [-0.05, 0) is 43.7 Å². The Morgan fingerprint density at radius 1 is 0.862 bits per heavy atom. The number of hydrogen-bond acceptors (Lipinski definition) is 4. The number of hydrogen-bond donors (Lipinski definition) is 1. The van der Waals surface area contributed by atoms with Crippen LogP contribution in [0.1, 0.15) is 11.1 Å².